The average molecular weight is 179 g/mol. The highest BCUT2D eigenvalue weighted by Crippen LogP contribution is 2.25. The van der Waals surface area contributed by atoms with Crippen LogP contribution in [-0.4, -0.2) is 23.4 Å². The molecule has 1 aromatic carbocycles. The maximum atomic E-state index is 9.26. The predicted octanol–water partition coefficient (Wildman–Crippen LogP) is 0.571. The van der Waals surface area contributed by atoms with Gasteiger partial charge in [-0.15, -0.1) is 0 Å². The van der Waals surface area contributed by atoms with E-state index in [1.165, 1.54) is 0 Å². The zero-order valence-corrected chi connectivity index (χ0v) is 7.33. The number of phenols is 1. The maximum absolute atomic E-state index is 9.26. The molecule has 0 bridgehead atoms. The largest absolute Gasteiger partial charge is 0.508 e. The minimum Gasteiger partial charge on any atom is -0.508 e. The van der Waals surface area contributed by atoms with Crippen LogP contribution < -0.4 is 5.32 Å². The van der Waals surface area contributed by atoms with Crippen LogP contribution in [0.15, 0.2) is 18.2 Å². The number of hydrogen-bond donors (Lipinski definition) is 3. The van der Waals surface area contributed by atoms with E-state index >= 15 is 0 Å². The fraction of sp³-hybridized carbons (Fsp3) is 0.400. The number of phenolic OH excluding ortho intramolecular Hbond substituents is 1. The molecular weight excluding hydrogens is 166 g/mol. The van der Waals surface area contributed by atoms with E-state index in [1.54, 1.807) is 12.1 Å². The number of aliphatic hydroxyl groups excluding tert-OH is 1. The minimum atomic E-state index is 0.0318. The Kier molecular flexibility index (Phi) is 2.20. The normalized spacial score (nSPS) is 21.2. The van der Waals surface area contributed by atoms with Crippen molar-refractivity contribution in [3.8, 4) is 5.75 Å². The van der Waals surface area contributed by atoms with Crippen molar-refractivity contribution < 1.29 is 10.2 Å². The molecule has 13 heavy (non-hydrogen) atoms. The summed E-state index contributed by atoms with van der Waals surface area (Å²) in [6.45, 7) is 0.972. The van der Waals surface area contributed by atoms with Gasteiger partial charge in [-0.2, -0.15) is 0 Å². The Bertz CT molecular complexity index is 312. The van der Waals surface area contributed by atoms with Gasteiger partial charge in [-0.25, -0.2) is 0 Å². The van der Waals surface area contributed by atoms with Gasteiger partial charge in [0.25, 0.3) is 0 Å². The molecular formula is C10H13NO2. The number of aliphatic hydroxyl groups is 1. The van der Waals surface area contributed by atoms with Crippen molar-refractivity contribution in [2.24, 2.45) is 0 Å². The van der Waals surface area contributed by atoms with Gasteiger partial charge in [0.05, 0.1) is 12.6 Å². The van der Waals surface area contributed by atoms with Crippen molar-refractivity contribution in [3.05, 3.63) is 29.3 Å². The molecule has 0 unspecified atom stereocenters. The molecule has 0 aliphatic carbocycles. The molecule has 0 saturated heterocycles. The number of rotatable bonds is 1. The Morgan fingerprint density at radius 2 is 2.31 bits per heavy atom. The lowest BCUT2D eigenvalue weighted by Crippen LogP contribution is -2.31. The lowest BCUT2D eigenvalue weighted by atomic mass is 9.94. The third kappa shape index (κ3) is 1.53. The first kappa shape index (κ1) is 8.53. The van der Waals surface area contributed by atoms with Gasteiger partial charge < -0.3 is 15.5 Å². The van der Waals surface area contributed by atoms with Crippen LogP contribution >= 0.6 is 0 Å². The van der Waals surface area contributed by atoms with Crippen LogP contribution in [0.5, 0.6) is 5.75 Å². The van der Waals surface area contributed by atoms with Gasteiger partial charge in [0.2, 0.25) is 0 Å². The van der Waals surface area contributed by atoms with Crippen molar-refractivity contribution in [3.63, 3.8) is 0 Å². The number of nitrogens with one attached hydrogen (secondary N) is 1. The molecule has 1 atom stereocenters. The molecule has 0 fully saturated rings. The smallest absolute Gasteiger partial charge is 0.115 e. The second-order valence-corrected chi connectivity index (χ2v) is 3.32. The minimum absolute atomic E-state index is 0.0318. The van der Waals surface area contributed by atoms with E-state index < -0.39 is 0 Å². The molecule has 1 heterocycles. The van der Waals surface area contributed by atoms with Crippen LogP contribution in [0, 0.1) is 0 Å². The van der Waals surface area contributed by atoms with Crippen LogP contribution in [0.1, 0.15) is 17.2 Å². The topological polar surface area (TPSA) is 52.5 Å². The van der Waals surface area contributed by atoms with Gasteiger partial charge in [-0.1, -0.05) is 6.07 Å². The Labute approximate surface area is 77.0 Å². The summed E-state index contributed by atoms with van der Waals surface area (Å²) >= 11 is 0. The second kappa shape index (κ2) is 3.36. The number of benzene rings is 1. The average Bonchev–Trinajstić information content (AvgIpc) is 2.16. The van der Waals surface area contributed by atoms with Crippen LogP contribution in [-0.2, 0) is 6.42 Å². The highest BCUT2D eigenvalue weighted by atomic mass is 16.3. The summed E-state index contributed by atoms with van der Waals surface area (Å²) in [5, 5.41) is 21.6. The number of hydrogen-bond acceptors (Lipinski definition) is 3. The molecule has 3 heteroatoms. The molecule has 1 aliphatic heterocycles. The van der Waals surface area contributed by atoms with E-state index in [1.807, 2.05) is 6.07 Å². The summed E-state index contributed by atoms with van der Waals surface area (Å²) in [5.74, 6) is 0.303. The Morgan fingerprint density at radius 3 is 3.08 bits per heavy atom. The fourth-order valence-corrected chi connectivity index (χ4v) is 1.80. The highest BCUT2D eigenvalue weighted by molar-refractivity contribution is 5.38. The van der Waals surface area contributed by atoms with E-state index in [-0.39, 0.29) is 12.6 Å². The molecule has 1 aromatic rings. The molecule has 1 aliphatic rings. The van der Waals surface area contributed by atoms with E-state index in [0.717, 1.165) is 24.1 Å². The number of aromatic hydroxyl groups is 1. The maximum Gasteiger partial charge on any atom is 0.115 e. The zero-order chi connectivity index (χ0) is 9.26. The Hall–Kier alpha value is -1.06. The third-order valence-electron chi connectivity index (χ3n) is 2.47. The van der Waals surface area contributed by atoms with Crippen LogP contribution in [0.2, 0.25) is 0 Å². The standard InChI is InChI=1S/C10H13NO2/c12-6-10-9-2-1-8(13)5-7(9)3-4-11-10/h1-2,5,10-13H,3-4,6H2/t10-/m0/s1. The summed E-state index contributed by atoms with van der Waals surface area (Å²) in [5.41, 5.74) is 2.24. The molecule has 0 saturated carbocycles. The molecule has 2 rings (SSSR count). The first-order valence-corrected chi connectivity index (χ1v) is 4.47. The van der Waals surface area contributed by atoms with E-state index in [0.29, 0.717) is 5.75 Å². The summed E-state index contributed by atoms with van der Waals surface area (Å²) in [6, 6.07) is 5.34. The van der Waals surface area contributed by atoms with Crippen molar-refractivity contribution in [2.45, 2.75) is 12.5 Å². The van der Waals surface area contributed by atoms with Gasteiger partial charge >= 0.3 is 0 Å². The van der Waals surface area contributed by atoms with Crippen molar-refractivity contribution >= 4 is 0 Å². The molecule has 70 valence electrons. The van der Waals surface area contributed by atoms with Gasteiger partial charge in [-0.05, 0) is 36.2 Å². The lowest BCUT2D eigenvalue weighted by molar-refractivity contribution is 0.240. The van der Waals surface area contributed by atoms with Crippen molar-refractivity contribution in [2.75, 3.05) is 13.2 Å². The first-order valence-electron chi connectivity index (χ1n) is 4.47. The summed E-state index contributed by atoms with van der Waals surface area (Å²) < 4.78 is 0. The number of fused-ring (bicyclic) bond motifs is 1. The van der Waals surface area contributed by atoms with Crippen LogP contribution in [0.4, 0.5) is 0 Å². The fourth-order valence-electron chi connectivity index (χ4n) is 1.80. The van der Waals surface area contributed by atoms with Gasteiger partial charge in [0.1, 0.15) is 5.75 Å². The molecule has 0 aromatic heterocycles. The molecule has 0 spiro atoms. The predicted molar refractivity (Wildman–Crippen MR) is 49.6 cm³/mol. The summed E-state index contributed by atoms with van der Waals surface area (Å²) in [4.78, 5) is 0. The van der Waals surface area contributed by atoms with Crippen LogP contribution in [0.3, 0.4) is 0 Å². The van der Waals surface area contributed by atoms with Gasteiger partial charge in [-0.3, -0.25) is 0 Å². The second-order valence-electron chi connectivity index (χ2n) is 3.32. The molecule has 3 N–H and O–H groups in total. The van der Waals surface area contributed by atoms with Crippen LogP contribution in [0.25, 0.3) is 0 Å². The quantitative estimate of drug-likeness (QED) is 0.591. The molecule has 0 radical (unpaired) electrons. The highest BCUT2D eigenvalue weighted by Gasteiger charge is 2.18. The van der Waals surface area contributed by atoms with Crippen molar-refractivity contribution in [1.82, 2.24) is 5.32 Å². The monoisotopic (exact) mass is 179 g/mol. The Balaban J connectivity index is 2.40. The van der Waals surface area contributed by atoms with Crippen molar-refractivity contribution in [1.29, 1.82) is 0 Å². The summed E-state index contributed by atoms with van der Waals surface area (Å²) in [6.07, 6.45) is 0.917. The molecule has 0 amide bonds. The zero-order valence-electron chi connectivity index (χ0n) is 7.33. The van der Waals surface area contributed by atoms with Gasteiger partial charge in [0.15, 0.2) is 0 Å². The van der Waals surface area contributed by atoms with E-state index in [2.05, 4.69) is 5.32 Å². The van der Waals surface area contributed by atoms with E-state index in [4.69, 9.17) is 5.11 Å². The summed E-state index contributed by atoms with van der Waals surface area (Å²) in [7, 11) is 0. The first-order chi connectivity index (χ1) is 6.31. The lowest BCUT2D eigenvalue weighted by Gasteiger charge is -2.25. The van der Waals surface area contributed by atoms with E-state index in [9.17, 15) is 5.11 Å². The van der Waals surface area contributed by atoms with Gasteiger partial charge in [0, 0.05) is 0 Å². The Morgan fingerprint density at radius 1 is 1.46 bits per heavy atom. The molecule has 3 nitrogen and oxygen atoms in total. The third-order valence-corrected chi connectivity index (χ3v) is 2.47. The SMILES string of the molecule is OC[C@@H]1NCCc2cc(O)ccc21.